The SMILES string of the molecule is CC(C)c1c2cc(-c3nc(Nc4ccc5c(n4)CCN(CC(F)(F)F)C5)ncc3F)cc(F)c2nn1C. The predicted octanol–water partition coefficient (Wildman–Crippen LogP) is 5.49. The van der Waals surface area contributed by atoms with Crippen LogP contribution in [0.1, 0.15) is 36.7 Å². The fourth-order valence-electron chi connectivity index (χ4n) is 4.77. The number of nitrogens with zero attached hydrogens (tertiary/aromatic N) is 6. The minimum Gasteiger partial charge on any atom is -0.309 e. The van der Waals surface area contributed by atoms with Crippen molar-refractivity contribution in [2.75, 3.05) is 18.4 Å². The summed E-state index contributed by atoms with van der Waals surface area (Å²) in [5.74, 6) is -0.820. The number of hydrogen-bond donors (Lipinski definition) is 1. The third-order valence-electron chi connectivity index (χ3n) is 6.27. The molecule has 0 saturated heterocycles. The van der Waals surface area contributed by atoms with Crippen LogP contribution in [0.3, 0.4) is 0 Å². The van der Waals surface area contributed by atoms with E-state index in [-0.39, 0.29) is 41.7 Å². The van der Waals surface area contributed by atoms with Gasteiger partial charge in [0.1, 0.15) is 17.0 Å². The molecule has 1 aliphatic rings. The minimum atomic E-state index is -4.26. The smallest absolute Gasteiger partial charge is 0.309 e. The van der Waals surface area contributed by atoms with Crippen molar-refractivity contribution in [1.82, 2.24) is 29.6 Å². The number of alkyl halides is 3. The maximum absolute atomic E-state index is 14.9. The van der Waals surface area contributed by atoms with E-state index >= 15 is 0 Å². The fourth-order valence-corrected chi connectivity index (χ4v) is 4.77. The molecular formula is C25H24F5N7. The first-order chi connectivity index (χ1) is 17.5. The lowest BCUT2D eigenvalue weighted by Crippen LogP contribution is -2.38. The summed E-state index contributed by atoms with van der Waals surface area (Å²) in [4.78, 5) is 14.1. The highest BCUT2D eigenvalue weighted by Crippen LogP contribution is 2.32. The Kier molecular flexibility index (Phi) is 6.30. The number of rotatable bonds is 5. The van der Waals surface area contributed by atoms with Crippen LogP contribution in [0.15, 0.2) is 30.5 Å². The molecule has 37 heavy (non-hydrogen) atoms. The maximum atomic E-state index is 14.9. The van der Waals surface area contributed by atoms with E-state index in [2.05, 4.69) is 25.4 Å². The number of fused-ring (bicyclic) bond motifs is 2. The first-order valence-corrected chi connectivity index (χ1v) is 11.7. The molecule has 0 saturated carbocycles. The molecule has 4 heterocycles. The van der Waals surface area contributed by atoms with Gasteiger partial charge in [0.25, 0.3) is 0 Å². The van der Waals surface area contributed by atoms with Crippen LogP contribution in [0.2, 0.25) is 0 Å². The van der Waals surface area contributed by atoms with Crippen molar-refractivity contribution in [3.05, 3.63) is 59.0 Å². The van der Waals surface area contributed by atoms with Gasteiger partial charge in [0.2, 0.25) is 5.95 Å². The Morgan fingerprint density at radius 2 is 1.86 bits per heavy atom. The van der Waals surface area contributed by atoms with E-state index in [1.807, 2.05) is 13.8 Å². The van der Waals surface area contributed by atoms with Gasteiger partial charge in [-0.25, -0.2) is 23.7 Å². The van der Waals surface area contributed by atoms with Gasteiger partial charge in [0.05, 0.1) is 12.7 Å². The number of anilines is 2. The zero-order chi connectivity index (χ0) is 26.5. The van der Waals surface area contributed by atoms with E-state index in [1.54, 1.807) is 29.9 Å². The summed E-state index contributed by atoms with van der Waals surface area (Å²) in [5, 5.41) is 7.76. The van der Waals surface area contributed by atoms with Gasteiger partial charge in [-0.1, -0.05) is 19.9 Å². The summed E-state index contributed by atoms with van der Waals surface area (Å²) in [5.41, 5.74) is 2.56. The third-order valence-corrected chi connectivity index (χ3v) is 6.27. The zero-order valence-electron chi connectivity index (χ0n) is 20.4. The van der Waals surface area contributed by atoms with Gasteiger partial charge < -0.3 is 5.32 Å². The molecule has 12 heteroatoms. The van der Waals surface area contributed by atoms with Crippen molar-refractivity contribution in [2.45, 2.75) is 38.9 Å². The molecule has 0 radical (unpaired) electrons. The zero-order valence-corrected chi connectivity index (χ0v) is 20.4. The highest BCUT2D eigenvalue weighted by Gasteiger charge is 2.32. The molecular weight excluding hydrogens is 493 g/mol. The van der Waals surface area contributed by atoms with Crippen LogP contribution in [0.25, 0.3) is 22.2 Å². The molecule has 5 rings (SSSR count). The summed E-state index contributed by atoms with van der Waals surface area (Å²) >= 11 is 0. The minimum absolute atomic E-state index is 0.0501. The number of nitrogens with one attached hydrogen (secondary N) is 1. The normalized spacial score (nSPS) is 14.4. The molecule has 1 aromatic carbocycles. The van der Waals surface area contributed by atoms with E-state index in [4.69, 9.17) is 0 Å². The van der Waals surface area contributed by atoms with Crippen LogP contribution >= 0.6 is 0 Å². The molecule has 0 atom stereocenters. The summed E-state index contributed by atoms with van der Waals surface area (Å²) < 4.78 is 69.5. The van der Waals surface area contributed by atoms with E-state index in [9.17, 15) is 22.0 Å². The van der Waals surface area contributed by atoms with Crippen LogP contribution in [-0.2, 0) is 20.0 Å². The highest BCUT2D eigenvalue weighted by molar-refractivity contribution is 5.87. The molecule has 0 fully saturated rings. The molecule has 0 aliphatic carbocycles. The van der Waals surface area contributed by atoms with E-state index in [1.165, 1.54) is 11.0 Å². The van der Waals surface area contributed by atoms with Crippen molar-refractivity contribution < 1.29 is 22.0 Å². The lowest BCUT2D eigenvalue weighted by molar-refractivity contribution is -0.147. The van der Waals surface area contributed by atoms with Gasteiger partial charge >= 0.3 is 6.18 Å². The molecule has 7 nitrogen and oxygen atoms in total. The van der Waals surface area contributed by atoms with Gasteiger partial charge in [-0.2, -0.15) is 18.3 Å². The lowest BCUT2D eigenvalue weighted by Gasteiger charge is -2.28. The van der Waals surface area contributed by atoms with Crippen LogP contribution < -0.4 is 5.32 Å². The van der Waals surface area contributed by atoms with Crippen molar-refractivity contribution in [3.8, 4) is 11.3 Å². The molecule has 0 amide bonds. The van der Waals surface area contributed by atoms with Crippen molar-refractivity contribution in [1.29, 1.82) is 0 Å². The molecule has 3 aromatic heterocycles. The molecule has 1 aliphatic heterocycles. The average Bonchev–Trinajstić information content (AvgIpc) is 3.16. The first kappa shape index (κ1) is 25.0. The second-order valence-electron chi connectivity index (χ2n) is 9.41. The Morgan fingerprint density at radius 1 is 1.08 bits per heavy atom. The fraction of sp³-hybridized carbons (Fsp3) is 0.360. The Morgan fingerprint density at radius 3 is 2.59 bits per heavy atom. The molecule has 0 bridgehead atoms. The standard InChI is InChI=1S/C25H24F5N7/c1-13(2)23-16-8-15(9-17(26)22(16)35-36(23)3)21-18(27)10-31-24(34-21)33-20-5-4-14-11-37(12-25(28,29)30)7-6-19(14)32-20/h4-5,8-10,13H,6-7,11-12H2,1-3H3,(H,31,32,33,34). The molecule has 0 spiro atoms. The van der Waals surface area contributed by atoms with Crippen LogP contribution in [0.5, 0.6) is 0 Å². The van der Waals surface area contributed by atoms with Gasteiger partial charge in [0.15, 0.2) is 11.6 Å². The monoisotopic (exact) mass is 517 g/mol. The van der Waals surface area contributed by atoms with Crippen molar-refractivity contribution in [2.24, 2.45) is 7.05 Å². The summed E-state index contributed by atoms with van der Waals surface area (Å²) in [6, 6.07) is 6.17. The third kappa shape index (κ3) is 5.10. The van der Waals surface area contributed by atoms with Gasteiger partial charge in [0, 0.05) is 48.9 Å². The second-order valence-corrected chi connectivity index (χ2v) is 9.41. The largest absolute Gasteiger partial charge is 0.401 e. The quantitative estimate of drug-likeness (QED) is 0.353. The van der Waals surface area contributed by atoms with E-state index in [0.29, 0.717) is 28.9 Å². The highest BCUT2D eigenvalue weighted by atomic mass is 19.4. The Bertz CT molecular complexity index is 1480. The lowest BCUT2D eigenvalue weighted by atomic mass is 10.0. The summed E-state index contributed by atoms with van der Waals surface area (Å²) in [6.45, 7) is 3.35. The van der Waals surface area contributed by atoms with Crippen molar-refractivity contribution >= 4 is 22.7 Å². The first-order valence-electron chi connectivity index (χ1n) is 11.7. The topological polar surface area (TPSA) is 71.8 Å². The predicted molar refractivity (Wildman–Crippen MR) is 128 cm³/mol. The number of hydrogen-bond acceptors (Lipinski definition) is 6. The second kappa shape index (κ2) is 9.33. The molecule has 4 aromatic rings. The Balaban J connectivity index is 1.43. The number of aromatic nitrogens is 5. The number of halogens is 5. The Hall–Kier alpha value is -3.67. The van der Waals surface area contributed by atoms with Gasteiger partial charge in [-0.3, -0.25) is 9.58 Å². The molecule has 194 valence electrons. The van der Waals surface area contributed by atoms with E-state index in [0.717, 1.165) is 11.9 Å². The van der Waals surface area contributed by atoms with Gasteiger partial charge in [-0.05, 0) is 29.7 Å². The van der Waals surface area contributed by atoms with Gasteiger partial charge in [-0.15, -0.1) is 0 Å². The van der Waals surface area contributed by atoms with Crippen LogP contribution in [0.4, 0.5) is 33.7 Å². The van der Waals surface area contributed by atoms with Crippen LogP contribution in [-0.4, -0.2) is 48.9 Å². The molecule has 0 unspecified atom stereocenters. The number of aryl methyl sites for hydroxylation is 1. The summed E-state index contributed by atoms with van der Waals surface area (Å²) in [6.07, 6.45) is -2.91. The van der Waals surface area contributed by atoms with Crippen LogP contribution in [0, 0.1) is 11.6 Å². The maximum Gasteiger partial charge on any atom is 0.401 e. The average molecular weight is 518 g/mol. The number of benzene rings is 1. The Labute approximate surface area is 209 Å². The summed E-state index contributed by atoms with van der Waals surface area (Å²) in [7, 11) is 1.74. The number of pyridine rings is 1. The van der Waals surface area contributed by atoms with Crippen molar-refractivity contribution in [3.63, 3.8) is 0 Å². The molecule has 1 N–H and O–H groups in total. The van der Waals surface area contributed by atoms with E-state index < -0.39 is 24.4 Å².